The molecule has 1 saturated carbocycles. The molecule has 5 nitrogen and oxygen atoms in total. The molecule has 0 aromatic rings. The molecule has 1 atom stereocenters. The van der Waals surface area contributed by atoms with Crippen LogP contribution in [0.4, 0.5) is 0 Å². The predicted molar refractivity (Wildman–Crippen MR) is 74.4 cm³/mol. The highest BCUT2D eigenvalue weighted by molar-refractivity contribution is 7.98. The molecule has 0 saturated heterocycles. The number of carbonyl (C=O) groups excluding carboxylic acids is 2. The Morgan fingerprint density at radius 2 is 2.17 bits per heavy atom. The zero-order valence-corrected chi connectivity index (χ0v) is 11.7. The van der Waals surface area contributed by atoms with Crippen LogP contribution in [0.3, 0.4) is 0 Å². The Kier molecular flexibility index (Phi) is 7.12. The van der Waals surface area contributed by atoms with Crippen LogP contribution in [-0.2, 0) is 9.59 Å². The first kappa shape index (κ1) is 15.3. The van der Waals surface area contributed by atoms with Crippen molar-refractivity contribution < 1.29 is 9.59 Å². The summed E-state index contributed by atoms with van der Waals surface area (Å²) in [6.45, 7) is 0.518. The van der Waals surface area contributed by atoms with Gasteiger partial charge >= 0.3 is 0 Å². The first-order chi connectivity index (χ1) is 8.63. The van der Waals surface area contributed by atoms with Crippen molar-refractivity contribution in [3.05, 3.63) is 0 Å². The van der Waals surface area contributed by atoms with E-state index >= 15 is 0 Å². The number of amides is 2. The summed E-state index contributed by atoms with van der Waals surface area (Å²) in [5.74, 6) is 0.850. The highest BCUT2D eigenvalue weighted by atomic mass is 32.2. The molecule has 2 amide bonds. The van der Waals surface area contributed by atoms with Crippen LogP contribution >= 0.6 is 11.8 Å². The lowest BCUT2D eigenvalue weighted by atomic mass is 10.2. The zero-order chi connectivity index (χ0) is 13.4. The van der Waals surface area contributed by atoms with Gasteiger partial charge in [0.1, 0.15) is 0 Å². The lowest BCUT2D eigenvalue weighted by molar-refractivity contribution is -0.123. The van der Waals surface area contributed by atoms with Gasteiger partial charge in [0.15, 0.2) is 0 Å². The van der Waals surface area contributed by atoms with Crippen molar-refractivity contribution in [1.82, 2.24) is 10.6 Å². The minimum Gasteiger partial charge on any atom is -0.355 e. The van der Waals surface area contributed by atoms with Gasteiger partial charge in [-0.25, -0.2) is 0 Å². The zero-order valence-electron chi connectivity index (χ0n) is 10.9. The van der Waals surface area contributed by atoms with E-state index in [1.165, 1.54) is 0 Å². The van der Waals surface area contributed by atoms with E-state index in [1.807, 2.05) is 6.26 Å². The highest BCUT2D eigenvalue weighted by Crippen LogP contribution is 2.18. The van der Waals surface area contributed by atoms with Crippen LogP contribution in [0.15, 0.2) is 0 Å². The molecule has 0 aromatic carbocycles. The number of nitrogens with two attached hydrogens (primary N) is 1. The predicted octanol–water partition coefficient (Wildman–Crippen LogP) is 0.242. The monoisotopic (exact) mass is 273 g/mol. The molecule has 0 spiro atoms. The Morgan fingerprint density at radius 3 is 2.78 bits per heavy atom. The largest absolute Gasteiger partial charge is 0.355 e. The van der Waals surface area contributed by atoms with Crippen molar-refractivity contribution >= 4 is 23.6 Å². The third kappa shape index (κ3) is 6.86. The van der Waals surface area contributed by atoms with E-state index < -0.39 is 6.04 Å². The molecule has 18 heavy (non-hydrogen) atoms. The quantitative estimate of drug-likeness (QED) is 0.526. The number of rotatable bonds is 9. The van der Waals surface area contributed by atoms with Gasteiger partial charge in [-0.3, -0.25) is 9.59 Å². The summed E-state index contributed by atoms with van der Waals surface area (Å²) >= 11 is 1.68. The van der Waals surface area contributed by atoms with Gasteiger partial charge in [0.05, 0.1) is 6.04 Å². The van der Waals surface area contributed by atoms with E-state index in [4.69, 9.17) is 5.73 Å². The van der Waals surface area contributed by atoms with Crippen LogP contribution in [0.25, 0.3) is 0 Å². The molecule has 4 N–H and O–H groups in total. The normalized spacial score (nSPS) is 16.1. The van der Waals surface area contributed by atoms with Crippen molar-refractivity contribution in [3.63, 3.8) is 0 Å². The first-order valence-corrected chi connectivity index (χ1v) is 7.84. The van der Waals surface area contributed by atoms with Gasteiger partial charge in [0.25, 0.3) is 0 Å². The van der Waals surface area contributed by atoms with Crippen molar-refractivity contribution in [2.75, 3.05) is 18.6 Å². The Hall–Kier alpha value is -0.750. The van der Waals surface area contributed by atoms with Gasteiger partial charge < -0.3 is 16.4 Å². The molecule has 0 heterocycles. The van der Waals surface area contributed by atoms with Gasteiger partial charge in [0, 0.05) is 19.0 Å². The summed E-state index contributed by atoms with van der Waals surface area (Å²) in [7, 11) is 0. The average molecular weight is 273 g/mol. The lowest BCUT2D eigenvalue weighted by Crippen LogP contribution is -2.41. The molecule has 0 bridgehead atoms. The fourth-order valence-corrected chi connectivity index (χ4v) is 1.98. The smallest absolute Gasteiger partial charge is 0.236 e. The topological polar surface area (TPSA) is 84.2 Å². The van der Waals surface area contributed by atoms with E-state index in [-0.39, 0.29) is 11.8 Å². The fourth-order valence-electron chi connectivity index (χ4n) is 1.50. The Balaban J connectivity index is 1.98. The summed E-state index contributed by atoms with van der Waals surface area (Å²) in [5, 5.41) is 5.68. The summed E-state index contributed by atoms with van der Waals surface area (Å²) < 4.78 is 0. The minimum atomic E-state index is -0.433. The van der Waals surface area contributed by atoms with Crippen LogP contribution < -0.4 is 16.4 Å². The third-order valence-corrected chi connectivity index (χ3v) is 3.44. The maximum atomic E-state index is 11.5. The molecule has 0 aliphatic heterocycles. The molecule has 1 aliphatic rings. The second-order valence-electron chi connectivity index (χ2n) is 4.62. The molecule has 0 aromatic heterocycles. The lowest BCUT2D eigenvalue weighted by Gasteiger charge is -2.11. The SMILES string of the molecule is CSCC[C@@H](N)C(=O)NCCCC(=O)NC1CC1. The molecule has 1 aliphatic carbocycles. The number of thioether (sulfide) groups is 1. The number of hydrogen-bond donors (Lipinski definition) is 3. The second-order valence-corrected chi connectivity index (χ2v) is 5.61. The van der Waals surface area contributed by atoms with Gasteiger partial charge in [-0.1, -0.05) is 0 Å². The number of nitrogens with one attached hydrogen (secondary N) is 2. The molecular formula is C12H23N3O2S. The molecule has 0 unspecified atom stereocenters. The van der Waals surface area contributed by atoms with Gasteiger partial charge in [-0.15, -0.1) is 0 Å². The fraction of sp³-hybridized carbons (Fsp3) is 0.833. The van der Waals surface area contributed by atoms with Crippen molar-refractivity contribution in [3.8, 4) is 0 Å². The molecule has 6 heteroatoms. The van der Waals surface area contributed by atoms with Gasteiger partial charge in [0.2, 0.25) is 11.8 Å². The number of carbonyl (C=O) groups is 2. The summed E-state index contributed by atoms with van der Waals surface area (Å²) in [6, 6.07) is -0.0233. The van der Waals surface area contributed by atoms with Crippen LogP contribution in [0.2, 0.25) is 0 Å². The van der Waals surface area contributed by atoms with Gasteiger partial charge in [-0.2, -0.15) is 11.8 Å². The van der Waals surface area contributed by atoms with E-state index in [0.717, 1.165) is 18.6 Å². The Bertz CT molecular complexity index is 282. The molecule has 1 rings (SSSR count). The van der Waals surface area contributed by atoms with Crippen molar-refractivity contribution in [2.45, 2.75) is 44.2 Å². The number of hydrogen-bond acceptors (Lipinski definition) is 4. The molecule has 1 fully saturated rings. The standard InChI is InChI=1S/C12H23N3O2S/c1-18-8-6-10(13)12(17)14-7-2-3-11(16)15-9-4-5-9/h9-10H,2-8,13H2,1H3,(H,14,17)(H,15,16)/t10-/m1/s1. The van der Waals surface area contributed by atoms with Crippen LogP contribution in [0, 0.1) is 0 Å². The molecule has 104 valence electrons. The first-order valence-electron chi connectivity index (χ1n) is 6.45. The van der Waals surface area contributed by atoms with Crippen LogP contribution in [0.1, 0.15) is 32.1 Å². The summed E-state index contributed by atoms with van der Waals surface area (Å²) in [5.41, 5.74) is 5.71. The molecular weight excluding hydrogens is 250 g/mol. The van der Waals surface area contributed by atoms with E-state index in [2.05, 4.69) is 10.6 Å². The Morgan fingerprint density at radius 1 is 1.44 bits per heavy atom. The van der Waals surface area contributed by atoms with Crippen LogP contribution in [0.5, 0.6) is 0 Å². The minimum absolute atomic E-state index is 0.0819. The third-order valence-electron chi connectivity index (χ3n) is 2.79. The molecule has 0 radical (unpaired) electrons. The average Bonchev–Trinajstić information content (AvgIpc) is 3.15. The van der Waals surface area contributed by atoms with E-state index in [1.54, 1.807) is 11.8 Å². The van der Waals surface area contributed by atoms with Crippen LogP contribution in [-0.4, -0.2) is 42.5 Å². The van der Waals surface area contributed by atoms with Gasteiger partial charge in [-0.05, 0) is 37.7 Å². The highest BCUT2D eigenvalue weighted by Gasteiger charge is 2.22. The summed E-state index contributed by atoms with van der Waals surface area (Å²) in [4.78, 5) is 22.9. The maximum Gasteiger partial charge on any atom is 0.236 e. The van der Waals surface area contributed by atoms with E-state index in [9.17, 15) is 9.59 Å². The van der Waals surface area contributed by atoms with E-state index in [0.29, 0.717) is 31.8 Å². The summed E-state index contributed by atoms with van der Waals surface area (Å²) in [6.07, 6.45) is 6.02. The van der Waals surface area contributed by atoms with Crippen molar-refractivity contribution in [1.29, 1.82) is 0 Å². The second kappa shape index (κ2) is 8.37. The maximum absolute atomic E-state index is 11.5. The Labute approximate surface area is 113 Å². The van der Waals surface area contributed by atoms with Crippen molar-refractivity contribution in [2.24, 2.45) is 5.73 Å².